The first-order valence-corrected chi connectivity index (χ1v) is 12.0. The summed E-state index contributed by atoms with van der Waals surface area (Å²) in [6.07, 6.45) is 14.2. The molecule has 37 heavy (non-hydrogen) atoms. The van der Waals surface area contributed by atoms with Gasteiger partial charge < -0.3 is 14.9 Å². The number of anilines is 1. The fourth-order valence-electron chi connectivity index (χ4n) is 4.53. The highest BCUT2D eigenvalue weighted by atomic mass is 16.3. The highest BCUT2D eigenvalue weighted by Gasteiger charge is 2.21. The first kappa shape index (κ1) is 24.0. The van der Waals surface area contributed by atoms with Crippen molar-refractivity contribution in [2.24, 2.45) is 5.92 Å². The fourth-order valence-corrected chi connectivity index (χ4v) is 4.53. The SMILES string of the molecule is C#CC(=O)N1CCN(c2ccc(-c3cc(-c4cnn(CC(C)CO)c4)cn4ncc(C#N)c34)cn2)CC1. The van der Waals surface area contributed by atoms with Gasteiger partial charge >= 0.3 is 0 Å². The second-order valence-corrected chi connectivity index (χ2v) is 9.17. The number of carbonyl (C=O) groups excluding carboxylic acids is 1. The second-order valence-electron chi connectivity index (χ2n) is 9.17. The van der Waals surface area contributed by atoms with Gasteiger partial charge in [0, 0.05) is 80.2 Å². The van der Waals surface area contributed by atoms with E-state index in [1.807, 2.05) is 42.2 Å². The Labute approximate surface area is 214 Å². The number of nitrogens with zero attached hydrogens (tertiary/aromatic N) is 8. The van der Waals surface area contributed by atoms with Crippen LogP contribution in [0.4, 0.5) is 5.82 Å². The molecule has 1 atom stereocenters. The van der Waals surface area contributed by atoms with E-state index in [0.29, 0.717) is 43.8 Å². The maximum absolute atomic E-state index is 11.8. The van der Waals surface area contributed by atoms with Gasteiger partial charge in [0.05, 0.1) is 23.5 Å². The number of hydrogen-bond donors (Lipinski definition) is 1. The van der Waals surface area contributed by atoms with Gasteiger partial charge in [-0.25, -0.2) is 9.50 Å². The summed E-state index contributed by atoms with van der Waals surface area (Å²) in [5.41, 5.74) is 4.69. The molecule has 10 nitrogen and oxygen atoms in total. The van der Waals surface area contributed by atoms with Gasteiger partial charge in [-0.3, -0.25) is 9.48 Å². The molecule has 1 aliphatic heterocycles. The van der Waals surface area contributed by atoms with Crippen LogP contribution in [0.25, 0.3) is 27.8 Å². The van der Waals surface area contributed by atoms with Crippen molar-refractivity contribution < 1.29 is 9.90 Å². The minimum atomic E-state index is -0.283. The van der Waals surface area contributed by atoms with Crippen molar-refractivity contribution in [3.05, 3.63) is 54.7 Å². The molecule has 1 amide bonds. The molecule has 186 valence electrons. The van der Waals surface area contributed by atoms with Gasteiger partial charge in [0.2, 0.25) is 0 Å². The van der Waals surface area contributed by atoms with Crippen molar-refractivity contribution in [3.8, 4) is 40.7 Å². The predicted octanol–water partition coefficient (Wildman–Crippen LogP) is 2.04. The lowest BCUT2D eigenvalue weighted by Crippen LogP contribution is -2.48. The molecule has 5 rings (SSSR count). The van der Waals surface area contributed by atoms with E-state index in [-0.39, 0.29) is 18.4 Å². The van der Waals surface area contributed by atoms with Gasteiger partial charge in [0.1, 0.15) is 11.9 Å². The van der Waals surface area contributed by atoms with Crippen LogP contribution in [-0.2, 0) is 11.3 Å². The zero-order chi connectivity index (χ0) is 25.9. The van der Waals surface area contributed by atoms with Crippen molar-refractivity contribution in [3.63, 3.8) is 0 Å². The van der Waals surface area contributed by atoms with E-state index in [1.54, 1.807) is 28.0 Å². The number of hydrogen-bond acceptors (Lipinski definition) is 7. The lowest BCUT2D eigenvalue weighted by atomic mass is 10.0. The fraction of sp³-hybridized carbons (Fsp3) is 0.296. The zero-order valence-corrected chi connectivity index (χ0v) is 20.4. The van der Waals surface area contributed by atoms with Gasteiger partial charge in [0.25, 0.3) is 5.91 Å². The third-order valence-electron chi connectivity index (χ3n) is 6.58. The van der Waals surface area contributed by atoms with Crippen molar-refractivity contribution >= 4 is 17.2 Å². The lowest BCUT2D eigenvalue weighted by molar-refractivity contribution is -0.125. The Hall–Kier alpha value is -4.67. The van der Waals surface area contributed by atoms with Crippen LogP contribution in [0.1, 0.15) is 12.5 Å². The number of nitriles is 1. The number of rotatable bonds is 6. The first-order valence-electron chi connectivity index (χ1n) is 12.0. The highest BCUT2D eigenvalue weighted by Crippen LogP contribution is 2.32. The molecular formula is C27H26N8O2. The number of piperazine rings is 1. The molecule has 0 radical (unpaired) electrons. The summed E-state index contributed by atoms with van der Waals surface area (Å²) >= 11 is 0. The Kier molecular flexibility index (Phi) is 6.59. The van der Waals surface area contributed by atoms with E-state index < -0.39 is 0 Å². The summed E-state index contributed by atoms with van der Waals surface area (Å²) in [5.74, 6) is 2.80. The molecule has 0 bridgehead atoms. The summed E-state index contributed by atoms with van der Waals surface area (Å²) in [6.45, 7) is 5.09. The molecule has 1 aliphatic rings. The number of fused-ring (bicyclic) bond motifs is 1. The van der Waals surface area contributed by atoms with E-state index in [9.17, 15) is 15.2 Å². The number of terminal acetylenes is 1. The van der Waals surface area contributed by atoms with E-state index in [2.05, 4.69) is 27.1 Å². The molecule has 4 aromatic heterocycles. The van der Waals surface area contributed by atoms with Gasteiger partial charge in [-0.05, 0) is 30.0 Å². The minimum absolute atomic E-state index is 0.0945. The van der Waals surface area contributed by atoms with Gasteiger partial charge in [0.15, 0.2) is 0 Å². The maximum Gasteiger partial charge on any atom is 0.298 e. The molecule has 1 fully saturated rings. The summed E-state index contributed by atoms with van der Waals surface area (Å²) < 4.78 is 3.53. The third kappa shape index (κ3) is 4.75. The third-order valence-corrected chi connectivity index (χ3v) is 6.58. The quantitative estimate of drug-likeness (QED) is 0.408. The highest BCUT2D eigenvalue weighted by molar-refractivity contribution is 5.93. The van der Waals surface area contributed by atoms with Crippen molar-refractivity contribution in [2.75, 3.05) is 37.7 Å². The Morgan fingerprint density at radius 1 is 1.11 bits per heavy atom. The van der Waals surface area contributed by atoms with Crippen LogP contribution in [0, 0.1) is 29.6 Å². The van der Waals surface area contributed by atoms with Crippen LogP contribution in [-0.4, -0.2) is 73.1 Å². The predicted molar refractivity (Wildman–Crippen MR) is 138 cm³/mol. The molecule has 10 heteroatoms. The summed E-state index contributed by atoms with van der Waals surface area (Å²) in [4.78, 5) is 20.2. The molecule has 0 aromatic carbocycles. The Morgan fingerprint density at radius 3 is 2.59 bits per heavy atom. The summed E-state index contributed by atoms with van der Waals surface area (Å²) in [7, 11) is 0. The average molecular weight is 495 g/mol. The molecule has 5 heterocycles. The molecule has 0 aliphatic carbocycles. The van der Waals surface area contributed by atoms with Gasteiger partial charge in [-0.15, -0.1) is 6.42 Å². The minimum Gasteiger partial charge on any atom is -0.396 e. The number of carbonyl (C=O) groups is 1. The Morgan fingerprint density at radius 2 is 1.92 bits per heavy atom. The number of aromatic nitrogens is 5. The van der Waals surface area contributed by atoms with E-state index >= 15 is 0 Å². The van der Waals surface area contributed by atoms with Crippen LogP contribution in [0.3, 0.4) is 0 Å². The molecule has 0 spiro atoms. The largest absolute Gasteiger partial charge is 0.396 e. The Bertz CT molecular complexity index is 1510. The standard InChI is InChI=1S/C27H26N8O2/c1-3-26(37)33-8-6-32(7-9-33)25-5-4-20(12-29-25)24-10-21(17-35-27(24)22(11-28)13-31-35)23-14-30-34(16-23)15-19(2)18-36/h1,4-5,10,12-14,16-17,19,36H,6-9,15,18H2,2H3. The van der Waals surface area contributed by atoms with Crippen molar-refractivity contribution in [2.45, 2.75) is 13.5 Å². The molecule has 1 unspecified atom stereocenters. The topological polar surface area (TPSA) is 116 Å². The maximum atomic E-state index is 11.8. The van der Waals surface area contributed by atoms with E-state index in [4.69, 9.17) is 11.4 Å². The van der Waals surface area contributed by atoms with Crippen LogP contribution >= 0.6 is 0 Å². The zero-order valence-electron chi connectivity index (χ0n) is 20.4. The van der Waals surface area contributed by atoms with Crippen LogP contribution < -0.4 is 4.90 Å². The van der Waals surface area contributed by atoms with Crippen molar-refractivity contribution in [1.82, 2.24) is 29.3 Å². The van der Waals surface area contributed by atoms with Crippen LogP contribution in [0.15, 0.2) is 49.2 Å². The molecule has 1 saturated heterocycles. The smallest absolute Gasteiger partial charge is 0.298 e. The summed E-state index contributed by atoms with van der Waals surface area (Å²) in [5, 5.41) is 27.9. The average Bonchev–Trinajstić information content (AvgIpc) is 3.59. The molecular weight excluding hydrogens is 468 g/mol. The van der Waals surface area contributed by atoms with Gasteiger partial charge in [-0.1, -0.05) is 6.92 Å². The first-order chi connectivity index (χ1) is 18.0. The van der Waals surface area contributed by atoms with E-state index in [1.165, 1.54) is 0 Å². The van der Waals surface area contributed by atoms with Gasteiger partial charge in [-0.2, -0.15) is 15.5 Å². The molecule has 4 aromatic rings. The number of pyridine rings is 2. The van der Waals surface area contributed by atoms with Crippen LogP contribution in [0.2, 0.25) is 0 Å². The monoisotopic (exact) mass is 494 g/mol. The number of aliphatic hydroxyl groups is 1. The Balaban J connectivity index is 1.46. The normalized spacial score (nSPS) is 14.4. The van der Waals surface area contributed by atoms with Crippen molar-refractivity contribution in [1.29, 1.82) is 5.26 Å². The van der Waals surface area contributed by atoms with E-state index in [0.717, 1.165) is 28.1 Å². The second kappa shape index (κ2) is 10.1. The lowest BCUT2D eigenvalue weighted by Gasteiger charge is -2.34. The number of amides is 1. The summed E-state index contributed by atoms with van der Waals surface area (Å²) in [6, 6.07) is 8.20. The molecule has 1 N–H and O–H groups in total. The molecule has 0 saturated carbocycles. The van der Waals surface area contributed by atoms with Crippen LogP contribution in [0.5, 0.6) is 0 Å². The number of aliphatic hydroxyl groups excluding tert-OH is 1.